The van der Waals surface area contributed by atoms with Crippen LogP contribution in [0.1, 0.15) is 11.1 Å². The van der Waals surface area contributed by atoms with E-state index in [2.05, 4.69) is 10.6 Å². The summed E-state index contributed by atoms with van der Waals surface area (Å²) in [4.78, 5) is 22.0. The SMILES string of the molecule is Cc1ccccc1CC(=O)NCCNc1ccc([N+](=O)[O-])cc1. The van der Waals surface area contributed by atoms with E-state index in [9.17, 15) is 14.9 Å². The maximum absolute atomic E-state index is 11.9. The summed E-state index contributed by atoms with van der Waals surface area (Å²) in [6, 6.07) is 14.0. The Kier molecular flexibility index (Phi) is 5.68. The van der Waals surface area contributed by atoms with Crippen molar-refractivity contribution in [3.8, 4) is 0 Å². The fourth-order valence-corrected chi connectivity index (χ4v) is 2.15. The number of aryl methyl sites for hydroxylation is 1. The Morgan fingerprint density at radius 3 is 2.43 bits per heavy atom. The fraction of sp³-hybridized carbons (Fsp3) is 0.235. The molecule has 0 saturated heterocycles. The first-order valence-electron chi connectivity index (χ1n) is 7.36. The summed E-state index contributed by atoms with van der Waals surface area (Å²) in [7, 11) is 0. The summed E-state index contributed by atoms with van der Waals surface area (Å²) < 4.78 is 0. The number of benzene rings is 2. The molecule has 120 valence electrons. The highest BCUT2D eigenvalue weighted by Crippen LogP contribution is 2.14. The van der Waals surface area contributed by atoms with Gasteiger partial charge in [0.05, 0.1) is 11.3 Å². The van der Waals surface area contributed by atoms with Crippen LogP contribution in [0.5, 0.6) is 0 Å². The third kappa shape index (κ3) is 5.10. The number of hydrogen-bond donors (Lipinski definition) is 2. The van der Waals surface area contributed by atoms with Gasteiger partial charge in [-0.3, -0.25) is 14.9 Å². The maximum Gasteiger partial charge on any atom is 0.269 e. The largest absolute Gasteiger partial charge is 0.383 e. The Bertz CT molecular complexity index is 684. The van der Waals surface area contributed by atoms with Gasteiger partial charge in [0.25, 0.3) is 5.69 Å². The first kappa shape index (κ1) is 16.5. The van der Waals surface area contributed by atoms with E-state index in [1.165, 1.54) is 12.1 Å². The van der Waals surface area contributed by atoms with Crippen molar-refractivity contribution >= 4 is 17.3 Å². The van der Waals surface area contributed by atoms with Crippen LogP contribution in [0, 0.1) is 17.0 Å². The number of anilines is 1. The highest BCUT2D eigenvalue weighted by Gasteiger charge is 2.05. The topological polar surface area (TPSA) is 84.3 Å². The van der Waals surface area contributed by atoms with E-state index in [4.69, 9.17) is 0 Å². The second kappa shape index (κ2) is 7.93. The van der Waals surface area contributed by atoms with E-state index in [0.29, 0.717) is 19.5 Å². The molecule has 0 fully saturated rings. The molecule has 0 spiro atoms. The van der Waals surface area contributed by atoms with Crippen molar-refractivity contribution in [3.63, 3.8) is 0 Å². The molecule has 0 atom stereocenters. The zero-order chi connectivity index (χ0) is 16.7. The highest BCUT2D eigenvalue weighted by molar-refractivity contribution is 5.78. The predicted octanol–water partition coefficient (Wildman–Crippen LogP) is 2.67. The lowest BCUT2D eigenvalue weighted by Gasteiger charge is -2.09. The van der Waals surface area contributed by atoms with Gasteiger partial charge in [0.2, 0.25) is 5.91 Å². The van der Waals surface area contributed by atoms with Crippen molar-refractivity contribution in [1.29, 1.82) is 0 Å². The average Bonchev–Trinajstić information content (AvgIpc) is 2.54. The van der Waals surface area contributed by atoms with Gasteiger partial charge in [-0.2, -0.15) is 0 Å². The van der Waals surface area contributed by atoms with E-state index in [1.807, 2.05) is 31.2 Å². The summed E-state index contributed by atoms with van der Waals surface area (Å²) in [5.74, 6) is -0.0233. The number of carbonyl (C=O) groups excluding carboxylic acids is 1. The van der Waals surface area contributed by atoms with Crippen LogP contribution in [0.15, 0.2) is 48.5 Å². The molecule has 0 bridgehead atoms. The number of rotatable bonds is 7. The third-order valence-corrected chi connectivity index (χ3v) is 3.47. The van der Waals surface area contributed by atoms with Crippen LogP contribution in [0.3, 0.4) is 0 Å². The molecule has 0 aliphatic carbocycles. The number of nitro groups is 1. The quantitative estimate of drug-likeness (QED) is 0.467. The van der Waals surface area contributed by atoms with Crippen LogP contribution in [0.2, 0.25) is 0 Å². The number of nitrogens with one attached hydrogen (secondary N) is 2. The highest BCUT2D eigenvalue weighted by atomic mass is 16.6. The van der Waals surface area contributed by atoms with Gasteiger partial charge in [0.1, 0.15) is 0 Å². The van der Waals surface area contributed by atoms with Gasteiger partial charge in [-0.05, 0) is 30.2 Å². The lowest BCUT2D eigenvalue weighted by Crippen LogP contribution is -2.30. The minimum absolute atomic E-state index is 0.0233. The van der Waals surface area contributed by atoms with Crippen molar-refractivity contribution in [2.24, 2.45) is 0 Å². The van der Waals surface area contributed by atoms with Crippen molar-refractivity contribution < 1.29 is 9.72 Å². The summed E-state index contributed by atoms with van der Waals surface area (Å²) in [6.07, 6.45) is 0.365. The second-order valence-corrected chi connectivity index (χ2v) is 5.18. The van der Waals surface area contributed by atoms with Crippen LogP contribution in [0.25, 0.3) is 0 Å². The summed E-state index contributed by atoms with van der Waals surface area (Å²) in [5.41, 5.74) is 2.96. The van der Waals surface area contributed by atoms with E-state index in [1.54, 1.807) is 12.1 Å². The number of non-ortho nitro benzene ring substituents is 1. The van der Waals surface area contributed by atoms with Gasteiger partial charge in [0, 0.05) is 30.9 Å². The molecule has 0 aliphatic rings. The van der Waals surface area contributed by atoms with E-state index >= 15 is 0 Å². The number of hydrogen-bond acceptors (Lipinski definition) is 4. The minimum atomic E-state index is -0.435. The smallest absolute Gasteiger partial charge is 0.269 e. The van der Waals surface area contributed by atoms with Gasteiger partial charge < -0.3 is 10.6 Å². The van der Waals surface area contributed by atoms with Gasteiger partial charge in [0.15, 0.2) is 0 Å². The Morgan fingerprint density at radius 1 is 1.09 bits per heavy atom. The lowest BCUT2D eigenvalue weighted by molar-refractivity contribution is -0.384. The van der Waals surface area contributed by atoms with Crippen LogP contribution in [-0.2, 0) is 11.2 Å². The molecular formula is C17H19N3O3. The molecular weight excluding hydrogens is 294 g/mol. The van der Waals surface area contributed by atoms with Crippen LogP contribution in [-0.4, -0.2) is 23.9 Å². The molecule has 0 radical (unpaired) electrons. The number of nitrogens with zero attached hydrogens (tertiary/aromatic N) is 1. The molecule has 2 N–H and O–H groups in total. The molecule has 0 aromatic heterocycles. The van der Waals surface area contributed by atoms with Crippen LogP contribution in [0.4, 0.5) is 11.4 Å². The Balaban J connectivity index is 1.71. The van der Waals surface area contributed by atoms with Crippen molar-refractivity contribution in [2.45, 2.75) is 13.3 Å². The normalized spacial score (nSPS) is 10.1. The van der Waals surface area contributed by atoms with Crippen molar-refractivity contribution in [2.75, 3.05) is 18.4 Å². The summed E-state index contributed by atoms with van der Waals surface area (Å²) in [6.45, 7) is 3.03. The predicted molar refractivity (Wildman–Crippen MR) is 89.5 cm³/mol. The van der Waals surface area contributed by atoms with Crippen LogP contribution < -0.4 is 10.6 Å². The molecule has 6 heteroatoms. The first-order valence-corrected chi connectivity index (χ1v) is 7.36. The zero-order valence-electron chi connectivity index (χ0n) is 12.9. The molecule has 6 nitrogen and oxygen atoms in total. The fourth-order valence-electron chi connectivity index (χ4n) is 2.15. The number of nitro benzene ring substituents is 1. The van der Waals surface area contributed by atoms with Gasteiger partial charge >= 0.3 is 0 Å². The van der Waals surface area contributed by atoms with E-state index in [-0.39, 0.29) is 11.6 Å². The molecule has 2 aromatic rings. The lowest BCUT2D eigenvalue weighted by atomic mass is 10.1. The van der Waals surface area contributed by atoms with E-state index in [0.717, 1.165) is 16.8 Å². The Hall–Kier alpha value is -2.89. The molecule has 2 aromatic carbocycles. The Labute approximate surface area is 134 Å². The van der Waals surface area contributed by atoms with Crippen LogP contribution >= 0.6 is 0 Å². The monoisotopic (exact) mass is 313 g/mol. The zero-order valence-corrected chi connectivity index (χ0v) is 12.9. The minimum Gasteiger partial charge on any atom is -0.383 e. The maximum atomic E-state index is 11.9. The average molecular weight is 313 g/mol. The molecule has 0 unspecified atom stereocenters. The summed E-state index contributed by atoms with van der Waals surface area (Å²) >= 11 is 0. The van der Waals surface area contributed by atoms with E-state index < -0.39 is 4.92 Å². The third-order valence-electron chi connectivity index (χ3n) is 3.47. The molecule has 2 rings (SSSR count). The van der Waals surface area contributed by atoms with Gasteiger partial charge in [-0.1, -0.05) is 24.3 Å². The summed E-state index contributed by atoms with van der Waals surface area (Å²) in [5, 5.41) is 16.5. The Morgan fingerprint density at radius 2 is 1.78 bits per heavy atom. The van der Waals surface area contributed by atoms with Gasteiger partial charge in [-0.25, -0.2) is 0 Å². The molecule has 0 heterocycles. The standard InChI is InChI=1S/C17H19N3O3/c1-13-4-2-3-5-14(13)12-17(21)19-11-10-18-15-6-8-16(9-7-15)20(22)23/h2-9,18H,10-12H2,1H3,(H,19,21). The van der Waals surface area contributed by atoms with Crippen molar-refractivity contribution in [3.05, 3.63) is 69.8 Å². The second-order valence-electron chi connectivity index (χ2n) is 5.18. The molecule has 0 aliphatic heterocycles. The van der Waals surface area contributed by atoms with Crippen molar-refractivity contribution in [1.82, 2.24) is 5.32 Å². The number of carbonyl (C=O) groups is 1. The molecule has 23 heavy (non-hydrogen) atoms. The molecule has 1 amide bonds. The number of amides is 1. The first-order chi connectivity index (χ1) is 11.1. The molecule has 0 saturated carbocycles. The van der Waals surface area contributed by atoms with Gasteiger partial charge in [-0.15, -0.1) is 0 Å².